The molecule has 2 nitrogen and oxygen atoms in total. The molecule has 0 aromatic heterocycles. The van der Waals surface area contributed by atoms with Gasteiger partial charge in [0.25, 0.3) is 0 Å². The first-order valence-electron chi connectivity index (χ1n) is 6.63. The third-order valence-corrected chi connectivity index (χ3v) is 4.37. The summed E-state index contributed by atoms with van der Waals surface area (Å²) >= 11 is 0. The zero-order valence-corrected chi connectivity index (χ0v) is 10.1. The van der Waals surface area contributed by atoms with E-state index in [-0.39, 0.29) is 0 Å². The van der Waals surface area contributed by atoms with Crippen LogP contribution >= 0.6 is 0 Å². The predicted octanol–water partition coefficient (Wildman–Crippen LogP) is 2.58. The number of rotatable bonds is 5. The molecular formula is C13H25NO. The molecule has 1 aliphatic heterocycles. The molecule has 2 aliphatic rings. The highest BCUT2D eigenvalue weighted by molar-refractivity contribution is 4.85. The van der Waals surface area contributed by atoms with E-state index in [4.69, 9.17) is 4.74 Å². The fourth-order valence-electron chi connectivity index (χ4n) is 3.07. The minimum absolute atomic E-state index is 0.638. The number of hydrogen-bond acceptors (Lipinski definition) is 2. The summed E-state index contributed by atoms with van der Waals surface area (Å²) in [7, 11) is 0. The maximum Gasteiger partial charge on any atom is 0.0507 e. The van der Waals surface area contributed by atoms with Gasteiger partial charge in [-0.25, -0.2) is 0 Å². The van der Waals surface area contributed by atoms with Crippen molar-refractivity contribution in [3.63, 3.8) is 0 Å². The molecule has 1 saturated heterocycles. The molecule has 2 rings (SSSR count). The smallest absolute Gasteiger partial charge is 0.0507 e. The van der Waals surface area contributed by atoms with E-state index in [1.54, 1.807) is 0 Å². The summed E-state index contributed by atoms with van der Waals surface area (Å²) in [6.45, 7) is 6.71. The van der Waals surface area contributed by atoms with E-state index in [9.17, 15) is 0 Å². The first-order chi connectivity index (χ1) is 7.35. The van der Waals surface area contributed by atoms with Crippen molar-refractivity contribution in [2.24, 2.45) is 11.3 Å². The van der Waals surface area contributed by atoms with Crippen molar-refractivity contribution in [1.29, 1.82) is 0 Å². The molecular weight excluding hydrogens is 186 g/mol. The van der Waals surface area contributed by atoms with Gasteiger partial charge >= 0.3 is 0 Å². The fourth-order valence-corrected chi connectivity index (χ4v) is 3.07. The number of nitrogens with one attached hydrogen (secondary N) is 1. The Morgan fingerprint density at radius 1 is 1.33 bits per heavy atom. The Morgan fingerprint density at radius 3 is 2.73 bits per heavy atom. The minimum atomic E-state index is 0.638. The average molecular weight is 211 g/mol. The van der Waals surface area contributed by atoms with Crippen molar-refractivity contribution in [3.8, 4) is 0 Å². The van der Waals surface area contributed by atoms with Crippen LogP contribution in [-0.2, 0) is 4.74 Å². The van der Waals surface area contributed by atoms with Gasteiger partial charge in [-0.3, -0.25) is 0 Å². The first-order valence-corrected chi connectivity index (χ1v) is 6.63. The molecule has 1 atom stereocenters. The number of ether oxygens (including phenoxy) is 1. The summed E-state index contributed by atoms with van der Waals surface area (Å²) in [4.78, 5) is 0. The molecule has 1 aliphatic carbocycles. The zero-order chi connectivity index (χ0) is 10.6. The van der Waals surface area contributed by atoms with Gasteiger partial charge in [-0.1, -0.05) is 19.8 Å². The van der Waals surface area contributed by atoms with Gasteiger partial charge in [-0.05, 0) is 37.0 Å². The Balaban J connectivity index is 1.67. The molecule has 2 heteroatoms. The van der Waals surface area contributed by atoms with Gasteiger partial charge in [0, 0.05) is 19.7 Å². The van der Waals surface area contributed by atoms with Gasteiger partial charge in [0.05, 0.1) is 6.61 Å². The molecule has 0 radical (unpaired) electrons. The Labute approximate surface area is 93.8 Å². The Bertz CT molecular complexity index is 181. The molecule has 0 spiro atoms. The van der Waals surface area contributed by atoms with Crippen molar-refractivity contribution in [2.75, 3.05) is 26.3 Å². The highest BCUT2D eigenvalue weighted by Crippen LogP contribution is 2.40. The Kier molecular flexibility index (Phi) is 4.04. The van der Waals surface area contributed by atoms with Crippen molar-refractivity contribution in [1.82, 2.24) is 5.32 Å². The van der Waals surface area contributed by atoms with E-state index in [0.717, 1.165) is 19.1 Å². The summed E-state index contributed by atoms with van der Waals surface area (Å²) in [5.41, 5.74) is 0.638. The second kappa shape index (κ2) is 5.31. The van der Waals surface area contributed by atoms with Crippen molar-refractivity contribution in [3.05, 3.63) is 0 Å². The molecule has 15 heavy (non-hydrogen) atoms. The molecule has 1 heterocycles. The average Bonchev–Trinajstić information content (AvgIpc) is 2.89. The quantitative estimate of drug-likeness (QED) is 0.754. The fraction of sp³-hybridized carbons (Fsp3) is 1.00. The maximum absolute atomic E-state index is 5.39. The summed E-state index contributed by atoms with van der Waals surface area (Å²) < 4.78 is 5.39. The Hall–Kier alpha value is -0.0800. The van der Waals surface area contributed by atoms with Crippen molar-refractivity contribution >= 4 is 0 Å². The van der Waals surface area contributed by atoms with Crippen LogP contribution in [-0.4, -0.2) is 26.3 Å². The molecule has 0 amide bonds. The van der Waals surface area contributed by atoms with Gasteiger partial charge < -0.3 is 10.1 Å². The lowest BCUT2D eigenvalue weighted by atomic mass is 9.83. The summed E-state index contributed by atoms with van der Waals surface area (Å²) in [5, 5.41) is 3.68. The van der Waals surface area contributed by atoms with Crippen LogP contribution in [0.5, 0.6) is 0 Å². The lowest BCUT2D eigenvalue weighted by Crippen LogP contribution is -2.34. The summed E-state index contributed by atoms with van der Waals surface area (Å²) in [6.07, 6.45) is 8.38. The van der Waals surface area contributed by atoms with Crippen LogP contribution in [0.3, 0.4) is 0 Å². The molecule has 2 fully saturated rings. The normalized spacial score (nSPS) is 29.8. The highest BCUT2D eigenvalue weighted by atomic mass is 16.5. The summed E-state index contributed by atoms with van der Waals surface area (Å²) in [6, 6.07) is 0. The van der Waals surface area contributed by atoms with Crippen LogP contribution in [0.2, 0.25) is 0 Å². The van der Waals surface area contributed by atoms with Crippen LogP contribution in [0.15, 0.2) is 0 Å². The third-order valence-electron chi connectivity index (χ3n) is 4.37. The second-order valence-electron chi connectivity index (χ2n) is 5.42. The topological polar surface area (TPSA) is 21.3 Å². The lowest BCUT2D eigenvalue weighted by Gasteiger charge is -2.28. The van der Waals surface area contributed by atoms with Gasteiger partial charge in [0.1, 0.15) is 0 Å². The predicted molar refractivity (Wildman–Crippen MR) is 63.0 cm³/mol. The second-order valence-corrected chi connectivity index (χ2v) is 5.42. The van der Waals surface area contributed by atoms with Crippen LogP contribution < -0.4 is 5.32 Å². The van der Waals surface area contributed by atoms with Gasteiger partial charge in [-0.15, -0.1) is 0 Å². The van der Waals surface area contributed by atoms with Gasteiger partial charge in [0.2, 0.25) is 0 Å². The summed E-state index contributed by atoms with van der Waals surface area (Å²) in [5.74, 6) is 0.778. The van der Waals surface area contributed by atoms with E-state index >= 15 is 0 Å². The van der Waals surface area contributed by atoms with Crippen LogP contribution in [0.25, 0.3) is 0 Å². The third kappa shape index (κ3) is 2.94. The van der Waals surface area contributed by atoms with E-state index < -0.39 is 0 Å². The molecule has 1 N–H and O–H groups in total. The molecule has 1 unspecified atom stereocenters. The Morgan fingerprint density at radius 2 is 2.13 bits per heavy atom. The molecule has 0 aromatic carbocycles. The molecule has 88 valence electrons. The van der Waals surface area contributed by atoms with E-state index in [1.165, 1.54) is 51.6 Å². The standard InChI is InChI=1S/C13H25NO/c1-2-13(6-3-4-7-13)11-14-9-12-5-8-15-10-12/h12,14H,2-11H2,1H3. The van der Waals surface area contributed by atoms with Gasteiger partial charge in [0.15, 0.2) is 0 Å². The molecule has 0 aromatic rings. The maximum atomic E-state index is 5.39. The highest BCUT2D eigenvalue weighted by Gasteiger charge is 2.31. The van der Waals surface area contributed by atoms with Crippen molar-refractivity contribution in [2.45, 2.75) is 45.4 Å². The largest absolute Gasteiger partial charge is 0.381 e. The molecule has 0 bridgehead atoms. The van der Waals surface area contributed by atoms with Crippen molar-refractivity contribution < 1.29 is 4.74 Å². The number of hydrogen-bond donors (Lipinski definition) is 1. The first kappa shape index (κ1) is 11.4. The van der Waals surface area contributed by atoms with E-state index in [2.05, 4.69) is 12.2 Å². The lowest BCUT2D eigenvalue weighted by molar-refractivity contribution is 0.183. The molecule has 1 saturated carbocycles. The minimum Gasteiger partial charge on any atom is -0.381 e. The monoisotopic (exact) mass is 211 g/mol. The van der Waals surface area contributed by atoms with Crippen LogP contribution in [0.1, 0.15) is 45.4 Å². The van der Waals surface area contributed by atoms with E-state index in [0.29, 0.717) is 5.41 Å². The van der Waals surface area contributed by atoms with Crippen LogP contribution in [0, 0.1) is 11.3 Å². The SMILES string of the molecule is CCC1(CNCC2CCOC2)CCCC1. The van der Waals surface area contributed by atoms with Crippen LogP contribution in [0.4, 0.5) is 0 Å². The van der Waals surface area contributed by atoms with Gasteiger partial charge in [-0.2, -0.15) is 0 Å². The zero-order valence-electron chi connectivity index (χ0n) is 10.1. The van der Waals surface area contributed by atoms with E-state index in [1.807, 2.05) is 0 Å².